The summed E-state index contributed by atoms with van der Waals surface area (Å²) in [7, 11) is 5.22. The van der Waals surface area contributed by atoms with Gasteiger partial charge in [-0.25, -0.2) is 0 Å². The number of benzene rings is 2. The van der Waals surface area contributed by atoms with Crippen LogP contribution in [0.15, 0.2) is 115 Å². The van der Waals surface area contributed by atoms with Crippen LogP contribution in [0.5, 0.6) is 11.8 Å². The van der Waals surface area contributed by atoms with Crippen molar-refractivity contribution in [2.75, 3.05) is 26.5 Å². The Balaban J connectivity index is 1.35. The number of hydrogen-bond acceptors (Lipinski definition) is 11. The van der Waals surface area contributed by atoms with Crippen LogP contribution in [0.1, 0.15) is 21.5 Å². The molecule has 15 heteroatoms. The zero-order valence-corrected chi connectivity index (χ0v) is 28.2. The second kappa shape index (κ2) is 15.3. The summed E-state index contributed by atoms with van der Waals surface area (Å²) in [5, 5.41) is 44.2. The van der Waals surface area contributed by atoms with E-state index >= 15 is 0 Å². The van der Waals surface area contributed by atoms with Gasteiger partial charge in [0.25, 0.3) is 28.6 Å². The van der Waals surface area contributed by atoms with Gasteiger partial charge in [0.1, 0.15) is 5.69 Å². The fourth-order valence-corrected chi connectivity index (χ4v) is 5.10. The Morgan fingerprint density at radius 2 is 1.50 bits per heavy atom. The highest BCUT2D eigenvalue weighted by Crippen LogP contribution is 2.31. The SMILES string of the molecule is CNCn1c(O)c(N=Nc2ccc(C(=O)Nc3cccc(N=Nc4c(C)c(-[n+]5ccccc5)c(O)n(CN(C)C)c4=O)c3)cc2)c(C)cc1=O. The molecule has 0 spiro atoms. The first-order chi connectivity index (χ1) is 24.0. The molecular formula is C35H37N10O5+. The molecule has 0 saturated heterocycles. The lowest BCUT2D eigenvalue weighted by molar-refractivity contribution is -0.597. The molecule has 0 fully saturated rings. The predicted molar refractivity (Wildman–Crippen MR) is 188 cm³/mol. The van der Waals surface area contributed by atoms with Gasteiger partial charge in [-0.1, -0.05) is 12.1 Å². The first-order valence-corrected chi connectivity index (χ1v) is 15.5. The van der Waals surface area contributed by atoms with Gasteiger partial charge in [-0.2, -0.15) is 14.8 Å². The summed E-state index contributed by atoms with van der Waals surface area (Å²) in [6.45, 7) is 3.58. The Kier molecular flexibility index (Phi) is 10.7. The van der Waals surface area contributed by atoms with Crippen LogP contribution in [-0.4, -0.2) is 51.3 Å². The van der Waals surface area contributed by atoms with Crippen molar-refractivity contribution in [3.05, 3.63) is 123 Å². The molecule has 4 N–H and O–H groups in total. The number of nitrogens with zero attached hydrogens (tertiary/aromatic N) is 8. The number of azo groups is 2. The van der Waals surface area contributed by atoms with Crippen LogP contribution in [0.25, 0.3) is 5.69 Å². The topological polar surface area (TPSA) is 182 Å². The van der Waals surface area contributed by atoms with E-state index in [0.717, 1.165) is 4.57 Å². The third-order valence-electron chi connectivity index (χ3n) is 7.55. The van der Waals surface area contributed by atoms with Gasteiger partial charge in [0, 0.05) is 29.4 Å². The third kappa shape index (κ3) is 7.69. The number of aromatic nitrogens is 3. The summed E-state index contributed by atoms with van der Waals surface area (Å²) in [6, 6.07) is 19.9. The van der Waals surface area contributed by atoms with Gasteiger partial charge in [0.05, 0.1) is 30.3 Å². The van der Waals surface area contributed by atoms with E-state index in [4.69, 9.17) is 0 Å². The summed E-state index contributed by atoms with van der Waals surface area (Å²) in [4.78, 5) is 40.4. The molecule has 50 heavy (non-hydrogen) atoms. The molecule has 0 radical (unpaired) electrons. The van der Waals surface area contributed by atoms with E-state index in [2.05, 4.69) is 31.1 Å². The van der Waals surface area contributed by atoms with Gasteiger partial charge < -0.3 is 20.8 Å². The first kappa shape index (κ1) is 35.0. The van der Waals surface area contributed by atoms with E-state index in [1.165, 1.54) is 10.6 Å². The standard InChI is InChI=1S/C35H36N10O5/c1-22-18-28(46)44(20-36-3)33(48)29(22)40-38-25-14-12-24(13-15-25)32(47)37-26-10-9-11-27(19-26)39-41-30-23(2)31(43-16-7-6-8-17-43)35(50)45(34(30)49)21-42(4)5/h6-19,36H,20-21H2,1-5H3,(H2-,37,38,39,46,47,48,49,50)/p+1. The van der Waals surface area contributed by atoms with Crippen LogP contribution < -0.4 is 26.3 Å². The predicted octanol–water partition coefficient (Wildman–Crippen LogP) is 5.09. The minimum Gasteiger partial charge on any atom is -0.493 e. The number of aryl methyl sites for hydroxylation is 1. The molecule has 3 aromatic heterocycles. The van der Waals surface area contributed by atoms with E-state index in [-0.39, 0.29) is 47.9 Å². The molecule has 0 unspecified atom stereocenters. The van der Waals surface area contributed by atoms with Gasteiger partial charge in [-0.3, -0.25) is 28.4 Å². The molecule has 2 aromatic carbocycles. The quantitative estimate of drug-likeness (QED) is 0.111. The number of anilines is 1. The Hall–Kier alpha value is -6.32. The Bertz CT molecular complexity index is 2210. The van der Waals surface area contributed by atoms with Crippen LogP contribution in [0.4, 0.5) is 28.4 Å². The smallest absolute Gasteiger partial charge is 0.282 e. The fraction of sp³-hybridized carbons (Fsp3) is 0.200. The maximum absolute atomic E-state index is 13.5. The minimum atomic E-state index is -0.505. The van der Waals surface area contributed by atoms with Crippen LogP contribution in [-0.2, 0) is 13.3 Å². The summed E-state index contributed by atoms with van der Waals surface area (Å²) >= 11 is 0. The minimum absolute atomic E-state index is 0.0626. The maximum atomic E-state index is 13.5. The largest absolute Gasteiger partial charge is 0.493 e. The van der Waals surface area contributed by atoms with E-state index in [9.17, 15) is 24.6 Å². The monoisotopic (exact) mass is 677 g/mol. The van der Waals surface area contributed by atoms with E-state index < -0.39 is 5.56 Å². The summed E-state index contributed by atoms with van der Waals surface area (Å²) < 4.78 is 4.08. The van der Waals surface area contributed by atoms with Crippen LogP contribution in [0.3, 0.4) is 0 Å². The highest BCUT2D eigenvalue weighted by molar-refractivity contribution is 6.04. The molecule has 0 aliphatic carbocycles. The summed E-state index contributed by atoms with van der Waals surface area (Å²) in [5.74, 6) is -0.887. The Labute approximate surface area is 287 Å². The molecular weight excluding hydrogens is 640 g/mol. The third-order valence-corrected chi connectivity index (χ3v) is 7.55. The lowest BCUT2D eigenvalue weighted by Gasteiger charge is -2.16. The van der Waals surface area contributed by atoms with E-state index in [1.807, 2.05) is 18.2 Å². The number of pyridine rings is 3. The Morgan fingerprint density at radius 3 is 2.18 bits per heavy atom. The second-order valence-corrected chi connectivity index (χ2v) is 11.6. The zero-order valence-electron chi connectivity index (χ0n) is 28.2. The zero-order chi connectivity index (χ0) is 35.9. The van der Waals surface area contributed by atoms with Gasteiger partial charge in [0.2, 0.25) is 5.88 Å². The lowest BCUT2D eigenvalue weighted by atomic mass is 10.2. The number of carbonyl (C=O) groups is 1. The Morgan fingerprint density at radius 1 is 0.820 bits per heavy atom. The van der Waals surface area contributed by atoms with Crippen LogP contribution in [0, 0.1) is 13.8 Å². The average Bonchev–Trinajstić information content (AvgIpc) is 3.09. The van der Waals surface area contributed by atoms with Crippen LogP contribution >= 0.6 is 0 Å². The van der Waals surface area contributed by atoms with Crippen molar-refractivity contribution in [1.29, 1.82) is 0 Å². The van der Waals surface area contributed by atoms with Gasteiger partial charge in [-0.15, -0.1) is 10.2 Å². The van der Waals surface area contributed by atoms with Gasteiger partial charge in [-0.05, 0) is 83.0 Å². The highest BCUT2D eigenvalue weighted by atomic mass is 16.3. The summed E-state index contributed by atoms with van der Waals surface area (Å²) in [5.41, 5.74) is 2.28. The normalized spacial score (nSPS) is 11.6. The van der Waals surface area contributed by atoms with Crippen LogP contribution in [0.2, 0.25) is 0 Å². The molecule has 0 atom stereocenters. The molecule has 256 valence electrons. The number of amides is 1. The van der Waals surface area contributed by atoms with Gasteiger partial charge >= 0.3 is 0 Å². The average molecular weight is 678 g/mol. The lowest BCUT2D eigenvalue weighted by Crippen LogP contribution is -2.36. The fourth-order valence-electron chi connectivity index (χ4n) is 5.10. The number of carbonyl (C=O) groups excluding carboxylic acids is 1. The molecule has 5 aromatic rings. The maximum Gasteiger partial charge on any atom is 0.282 e. The molecule has 0 aliphatic heterocycles. The highest BCUT2D eigenvalue weighted by Gasteiger charge is 2.26. The molecule has 0 aliphatic rings. The van der Waals surface area contributed by atoms with Crippen molar-refractivity contribution in [2.45, 2.75) is 27.2 Å². The summed E-state index contributed by atoms with van der Waals surface area (Å²) in [6.07, 6.45) is 3.53. The van der Waals surface area contributed by atoms with Gasteiger partial charge in [0.15, 0.2) is 18.1 Å². The number of nitrogens with one attached hydrogen (secondary N) is 2. The number of aromatic hydroxyl groups is 2. The van der Waals surface area contributed by atoms with Crippen molar-refractivity contribution in [3.8, 4) is 17.4 Å². The molecule has 5 rings (SSSR count). The first-order valence-electron chi connectivity index (χ1n) is 15.5. The number of hydrogen-bond donors (Lipinski definition) is 4. The molecule has 0 bridgehead atoms. The van der Waals surface area contributed by atoms with E-state index in [0.29, 0.717) is 39.4 Å². The molecule has 1 amide bonds. The molecule has 0 saturated carbocycles. The van der Waals surface area contributed by atoms with Crippen molar-refractivity contribution in [1.82, 2.24) is 19.4 Å². The molecule has 3 heterocycles. The number of rotatable bonds is 11. The van der Waals surface area contributed by atoms with Crippen molar-refractivity contribution in [2.24, 2.45) is 20.5 Å². The van der Waals surface area contributed by atoms with Crippen molar-refractivity contribution in [3.63, 3.8) is 0 Å². The van der Waals surface area contributed by atoms with Crippen molar-refractivity contribution >= 4 is 34.3 Å². The van der Waals surface area contributed by atoms with E-state index in [1.54, 1.807) is 105 Å². The second-order valence-electron chi connectivity index (χ2n) is 11.6. The molecule has 15 nitrogen and oxygen atoms in total. The van der Waals surface area contributed by atoms with Crippen molar-refractivity contribution < 1.29 is 19.6 Å².